The van der Waals surface area contributed by atoms with E-state index in [1.807, 2.05) is 6.92 Å². The minimum absolute atomic E-state index is 0.0279. The number of carboxylic acid groups (broad SMARTS) is 1. The van der Waals surface area contributed by atoms with Crippen LogP contribution in [-0.4, -0.2) is 42.9 Å². The maximum Gasteiger partial charge on any atom is 0.306 e. The van der Waals surface area contributed by atoms with Crippen molar-refractivity contribution in [3.8, 4) is 0 Å². The maximum atomic E-state index is 12.3. The van der Waals surface area contributed by atoms with E-state index in [1.165, 1.54) is 4.31 Å². The Morgan fingerprint density at radius 3 is 2.65 bits per heavy atom. The van der Waals surface area contributed by atoms with Gasteiger partial charge in [0, 0.05) is 19.1 Å². The van der Waals surface area contributed by atoms with E-state index in [1.54, 1.807) is 0 Å². The molecule has 0 aromatic rings. The average Bonchev–Trinajstić information content (AvgIpc) is 2.85. The van der Waals surface area contributed by atoms with Crippen LogP contribution in [0, 0.1) is 11.8 Å². The van der Waals surface area contributed by atoms with Crippen molar-refractivity contribution >= 4 is 16.2 Å². The summed E-state index contributed by atoms with van der Waals surface area (Å²) >= 11 is 0. The Labute approximate surface area is 120 Å². The minimum Gasteiger partial charge on any atom is -0.481 e. The molecule has 1 aliphatic carbocycles. The van der Waals surface area contributed by atoms with Crippen LogP contribution in [0.1, 0.15) is 45.4 Å². The SMILES string of the molecule is CC1CCCCN1S(=O)(=O)NCC1CCCC1C(=O)O. The summed E-state index contributed by atoms with van der Waals surface area (Å²) in [7, 11) is -3.48. The van der Waals surface area contributed by atoms with E-state index >= 15 is 0 Å². The first kappa shape index (κ1) is 15.7. The summed E-state index contributed by atoms with van der Waals surface area (Å²) in [5.41, 5.74) is 0. The molecule has 1 saturated heterocycles. The number of hydrogen-bond acceptors (Lipinski definition) is 3. The van der Waals surface area contributed by atoms with E-state index in [2.05, 4.69) is 4.72 Å². The predicted octanol–water partition coefficient (Wildman–Crippen LogP) is 1.20. The maximum absolute atomic E-state index is 12.3. The van der Waals surface area contributed by atoms with Crippen LogP contribution in [0.4, 0.5) is 0 Å². The molecule has 0 aromatic heterocycles. The summed E-state index contributed by atoms with van der Waals surface area (Å²) in [6.07, 6.45) is 5.16. The lowest BCUT2D eigenvalue weighted by Crippen LogP contribution is -2.49. The van der Waals surface area contributed by atoms with Gasteiger partial charge in [0.15, 0.2) is 0 Å². The fraction of sp³-hybridized carbons (Fsp3) is 0.923. The van der Waals surface area contributed by atoms with Gasteiger partial charge >= 0.3 is 5.97 Å². The quantitative estimate of drug-likeness (QED) is 0.799. The van der Waals surface area contributed by atoms with Crippen molar-refractivity contribution in [2.45, 2.75) is 51.5 Å². The van der Waals surface area contributed by atoms with E-state index in [0.29, 0.717) is 13.0 Å². The molecular weight excluding hydrogens is 280 g/mol. The summed E-state index contributed by atoms with van der Waals surface area (Å²) in [5, 5.41) is 9.12. The third-order valence-electron chi connectivity index (χ3n) is 4.55. The number of piperidine rings is 1. The normalized spacial score (nSPS) is 32.4. The Bertz CT molecular complexity index is 451. The van der Waals surface area contributed by atoms with Gasteiger partial charge in [-0.1, -0.05) is 12.8 Å². The Hall–Kier alpha value is -0.660. The molecule has 0 spiro atoms. The van der Waals surface area contributed by atoms with Gasteiger partial charge in [-0.15, -0.1) is 0 Å². The van der Waals surface area contributed by atoms with Crippen LogP contribution in [-0.2, 0) is 15.0 Å². The molecule has 0 radical (unpaired) electrons. The highest BCUT2D eigenvalue weighted by Gasteiger charge is 2.35. The largest absolute Gasteiger partial charge is 0.481 e. The second kappa shape index (κ2) is 6.41. The van der Waals surface area contributed by atoms with Gasteiger partial charge in [0.25, 0.3) is 10.2 Å². The number of rotatable bonds is 5. The fourth-order valence-electron chi connectivity index (χ4n) is 3.33. The Kier molecular flexibility index (Phi) is 5.04. The van der Waals surface area contributed by atoms with Crippen LogP contribution in [0.25, 0.3) is 0 Å². The monoisotopic (exact) mass is 304 g/mol. The van der Waals surface area contributed by atoms with Crippen LogP contribution >= 0.6 is 0 Å². The molecule has 1 saturated carbocycles. The lowest BCUT2D eigenvalue weighted by Gasteiger charge is -2.32. The van der Waals surface area contributed by atoms with Gasteiger partial charge in [-0.05, 0) is 38.5 Å². The fourth-order valence-corrected chi connectivity index (χ4v) is 4.87. The molecule has 0 amide bonds. The average molecular weight is 304 g/mol. The zero-order chi connectivity index (χ0) is 14.8. The molecule has 2 N–H and O–H groups in total. The van der Waals surface area contributed by atoms with E-state index < -0.39 is 22.1 Å². The first-order chi connectivity index (χ1) is 9.42. The van der Waals surface area contributed by atoms with E-state index in [4.69, 9.17) is 5.11 Å². The van der Waals surface area contributed by atoms with Crippen LogP contribution in [0.15, 0.2) is 0 Å². The smallest absolute Gasteiger partial charge is 0.306 e. The first-order valence-electron chi connectivity index (χ1n) is 7.41. The Morgan fingerprint density at radius 1 is 1.25 bits per heavy atom. The van der Waals surface area contributed by atoms with Crippen LogP contribution in [0.3, 0.4) is 0 Å². The minimum atomic E-state index is -3.48. The Balaban J connectivity index is 1.93. The molecule has 3 unspecified atom stereocenters. The standard InChI is InChI=1S/C13H24N2O4S/c1-10-5-2-3-8-15(10)20(18,19)14-9-11-6-4-7-12(11)13(16)17/h10-12,14H,2-9H2,1H3,(H,16,17). The zero-order valence-corrected chi connectivity index (χ0v) is 12.7. The van der Waals surface area contributed by atoms with Gasteiger partial charge in [-0.25, -0.2) is 4.72 Å². The summed E-state index contributed by atoms with van der Waals surface area (Å²) in [4.78, 5) is 11.1. The second-order valence-electron chi connectivity index (χ2n) is 5.94. The molecule has 116 valence electrons. The molecule has 3 atom stereocenters. The van der Waals surface area contributed by atoms with E-state index in [0.717, 1.165) is 32.1 Å². The third kappa shape index (κ3) is 3.51. The predicted molar refractivity (Wildman–Crippen MR) is 75.4 cm³/mol. The van der Waals surface area contributed by atoms with Crippen molar-refractivity contribution in [2.24, 2.45) is 11.8 Å². The molecule has 6 nitrogen and oxygen atoms in total. The molecule has 1 aliphatic heterocycles. The number of aliphatic carboxylic acids is 1. The van der Waals surface area contributed by atoms with Gasteiger partial charge in [-0.3, -0.25) is 4.79 Å². The van der Waals surface area contributed by atoms with Crippen molar-refractivity contribution in [3.63, 3.8) is 0 Å². The van der Waals surface area contributed by atoms with Crippen molar-refractivity contribution in [1.82, 2.24) is 9.03 Å². The summed E-state index contributed by atoms with van der Waals surface area (Å²) in [6.45, 7) is 2.72. The van der Waals surface area contributed by atoms with Gasteiger partial charge < -0.3 is 5.11 Å². The molecule has 0 aromatic carbocycles. The highest BCUT2D eigenvalue weighted by molar-refractivity contribution is 7.87. The molecule has 2 fully saturated rings. The summed E-state index contributed by atoms with van der Waals surface area (Å²) < 4.78 is 28.7. The molecule has 2 rings (SSSR count). The molecule has 2 aliphatic rings. The van der Waals surface area contributed by atoms with Crippen molar-refractivity contribution in [2.75, 3.05) is 13.1 Å². The summed E-state index contributed by atoms with van der Waals surface area (Å²) in [5.74, 6) is -1.29. The lowest BCUT2D eigenvalue weighted by atomic mass is 9.97. The molecule has 20 heavy (non-hydrogen) atoms. The zero-order valence-electron chi connectivity index (χ0n) is 11.9. The van der Waals surface area contributed by atoms with Crippen molar-refractivity contribution < 1.29 is 18.3 Å². The molecule has 1 heterocycles. The number of carbonyl (C=O) groups is 1. The molecule has 7 heteroatoms. The van der Waals surface area contributed by atoms with E-state index in [-0.39, 0.29) is 18.5 Å². The van der Waals surface area contributed by atoms with Crippen molar-refractivity contribution in [3.05, 3.63) is 0 Å². The van der Waals surface area contributed by atoms with E-state index in [9.17, 15) is 13.2 Å². The lowest BCUT2D eigenvalue weighted by molar-refractivity contribution is -0.142. The van der Waals surface area contributed by atoms with Crippen LogP contribution in [0.2, 0.25) is 0 Å². The molecular formula is C13H24N2O4S. The number of hydrogen-bond donors (Lipinski definition) is 2. The van der Waals surface area contributed by atoms with Gasteiger partial charge in [0.05, 0.1) is 5.92 Å². The highest BCUT2D eigenvalue weighted by Crippen LogP contribution is 2.31. The van der Waals surface area contributed by atoms with Gasteiger partial charge in [0.1, 0.15) is 0 Å². The number of carboxylic acids is 1. The second-order valence-corrected chi connectivity index (χ2v) is 7.65. The van der Waals surface area contributed by atoms with Gasteiger partial charge in [0.2, 0.25) is 0 Å². The third-order valence-corrected chi connectivity index (χ3v) is 6.25. The number of nitrogens with one attached hydrogen (secondary N) is 1. The topological polar surface area (TPSA) is 86.7 Å². The van der Waals surface area contributed by atoms with Crippen LogP contribution < -0.4 is 4.72 Å². The van der Waals surface area contributed by atoms with Crippen molar-refractivity contribution in [1.29, 1.82) is 0 Å². The molecule has 0 bridgehead atoms. The first-order valence-corrected chi connectivity index (χ1v) is 8.85. The van der Waals surface area contributed by atoms with Gasteiger partial charge in [-0.2, -0.15) is 12.7 Å². The number of nitrogens with zero attached hydrogens (tertiary/aromatic N) is 1. The van der Waals surface area contributed by atoms with Crippen LogP contribution in [0.5, 0.6) is 0 Å². The summed E-state index contributed by atoms with van der Waals surface area (Å²) in [6, 6.07) is 0.0279. The highest BCUT2D eigenvalue weighted by atomic mass is 32.2. The Morgan fingerprint density at radius 2 is 2.00 bits per heavy atom.